The van der Waals surface area contributed by atoms with E-state index < -0.39 is 0 Å². The standard InChI is InChI=1S/C20H34O/c1-16(8-6-9-17(2)13-15-21)11-12-19-18(3)10-7-14-20(19,4)5/h8,10,13,19,21H,6-7,9,11-12,14-15H2,1-5H3/b16-8+,17-13+/t19-/m1/s1. The molecule has 1 nitrogen and oxygen atoms in total. The smallest absolute Gasteiger partial charge is 0.0614 e. The fourth-order valence-corrected chi connectivity index (χ4v) is 3.50. The molecule has 0 fully saturated rings. The van der Waals surface area contributed by atoms with E-state index in [1.165, 1.54) is 36.8 Å². The molecular weight excluding hydrogens is 256 g/mol. The minimum absolute atomic E-state index is 0.164. The Hall–Kier alpha value is -0.820. The SMILES string of the molecule is CC1=CCCC(C)(C)[C@@H]1CC/C(C)=C/CC/C(C)=C/CO. The molecular formula is C20H34O. The number of aliphatic hydroxyl groups excluding tert-OH is 1. The number of hydrogen-bond acceptors (Lipinski definition) is 1. The van der Waals surface area contributed by atoms with Gasteiger partial charge in [-0.3, -0.25) is 0 Å². The molecule has 0 saturated heterocycles. The highest BCUT2D eigenvalue weighted by Gasteiger charge is 2.32. The lowest BCUT2D eigenvalue weighted by Crippen LogP contribution is -2.27. The van der Waals surface area contributed by atoms with E-state index in [9.17, 15) is 0 Å². The van der Waals surface area contributed by atoms with Crippen molar-refractivity contribution in [1.82, 2.24) is 0 Å². The Morgan fingerprint density at radius 3 is 2.52 bits per heavy atom. The lowest BCUT2D eigenvalue weighted by molar-refractivity contribution is 0.204. The number of aliphatic hydroxyl groups is 1. The van der Waals surface area contributed by atoms with E-state index in [1.807, 2.05) is 6.08 Å². The van der Waals surface area contributed by atoms with Crippen LogP contribution in [0.3, 0.4) is 0 Å². The maximum absolute atomic E-state index is 8.85. The van der Waals surface area contributed by atoms with Gasteiger partial charge in [-0.1, -0.05) is 48.8 Å². The summed E-state index contributed by atoms with van der Waals surface area (Å²) >= 11 is 0. The molecule has 0 amide bonds. The lowest BCUT2D eigenvalue weighted by atomic mass is 9.67. The van der Waals surface area contributed by atoms with E-state index >= 15 is 0 Å². The Bertz CT molecular complexity index is 410. The van der Waals surface area contributed by atoms with Gasteiger partial charge in [0.15, 0.2) is 0 Å². The van der Waals surface area contributed by atoms with Crippen LogP contribution in [0.2, 0.25) is 0 Å². The van der Waals surface area contributed by atoms with Gasteiger partial charge in [0, 0.05) is 0 Å². The highest BCUT2D eigenvalue weighted by molar-refractivity contribution is 5.13. The van der Waals surface area contributed by atoms with E-state index in [0.29, 0.717) is 5.41 Å². The zero-order chi connectivity index (χ0) is 15.9. The lowest BCUT2D eigenvalue weighted by Gasteiger charge is -2.38. The number of hydrogen-bond donors (Lipinski definition) is 1. The number of allylic oxidation sites excluding steroid dienone is 5. The van der Waals surface area contributed by atoms with Crippen molar-refractivity contribution < 1.29 is 5.11 Å². The first-order chi connectivity index (χ1) is 9.86. The average Bonchev–Trinajstić information content (AvgIpc) is 2.37. The molecule has 0 unspecified atom stereocenters. The highest BCUT2D eigenvalue weighted by Crippen LogP contribution is 2.43. The van der Waals surface area contributed by atoms with Crippen LogP contribution in [-0.2, 0) is 0 Å². The van der Waals surface area contributed by atoms with Crippen LogP contribution >= 0.6 is 0 Å². The summed E-state index contributed by atoms with van der Waals surface area (Å²) < 4.78 is 0. The second-order valence-corrected chi connectivity index (χ2v) is 7.39. The maximum Gasteiger partial charge on any atom is 0.0614 e. The van der Waals surface area contributed by atoms with Gasteiger partial charge in [-0.05, 0) is 70.6 Å². The zero-order valence-corrected chi connectivity index (χ0v) is 14.7. The van der Waals surface area contributed by atoms with E-state index in [-0.39, 0.29) is 6.61 Å². The van der Waals surface area contributed by atoms with Crippen molar-refractivity contribution in [1.29, 1.82) is 0 Å². The predicted octanol–water partition coefficient (Wildman–Crippen LogP) is 5.81. The van der Waals surface area contributed by atoms with Gasteiger partial charge in [-0.25, -0.2) is 0 Å². The third-order valence-electron chi connectivity index (χ3n) is 5.05. The third kappa shape index (κ3) is 6.22. The van der Waals surface area contributed by atoms with Crippen LogP contribution < -0.4 is 0 Å². The monoisotopic (exact) mass is 290 g/mol. The van der Waals surface area contributed by atoms with Crippen LogP contribution in [0, 0.1) is 11.3 Å². The summed E-state index contributed by atoms with van der Waals surface area (Å²) in [5.41, 5.74) is 4.86. The van der Waals surface area contributed by atoms with Crippen LogP contribution in [0.25, 0.3) is 0 Å². The molecule has 1 atom stereocenters. The highest BCUT2D eigenvalue weighted by atomic mass is 16.2. The largest absolute Gasteiger partial charge is 0.392 e. The van der Waals surface area contributed by atoms with Gasteiger partial charge in [0.2, 0.25) is 0 Å². The molecule has 120 valence electrons. The van der Waals surface area contributed by atoms with E-state index in [1.54, 1.807) is 5.57 Å². The molecule has 0 aliphatic heterocycles. The van der Waals surface area contributed by atoms with Crippen molar-refractivity contribution in [3.63, 3.8) is 0 Å². The Labute approximate surface area is 131 Å². The summed E-state index contributed by atoms with van der Waals surface area (Å²) in [5.74, 6) is 0.741. The topological polar surface area (TPSA) is 20.2 Å². The molecule has 0 bridgehead atoms. The van der Waals surface area contributed by atoms with E-state index in [0.717, 1.165) is 18.8 Å². The second-order valence-electron chi connectivity index (χ2n) is 7.39. The Morgan fingerprint density at radius 2 is 1.90 bits per heavy atom. The minimum atomic E-state index is 0.164. The summed E-state index contributed by atoms with van der Waals surface area (Å²) in [6.07, 6.45) is 13.9. The van der Waals surface area contributed by atoms with Crippen molar-refractivity contribution in [2.24, 2.45) is 11.3 Å². The van der Waals surface area contributed by atoms with E-state index in [2.05, 4.69) is 46.8 Å². The van der Waals surface area contributed by atoms with Crippen molar-refractivity contribution in [2.75, 3.05) is 6.61 Å². The van der Waals surface area contributed by atoms with Crippen molar-refractivity contribution in [3.8, 4) is 0 Å². The average molecular weight is 290 g/mol. The molecule has 0 aromatic heterocycles. The molecule has 0 saturated carbocycles. The molecule has 0 aromatic carbocycles. The first-order valence-corrected chi connectivity index (χ1v) is 8.45. The molecule has 0 radical (unpaired) electrons. The van der Waals surface area contributed by atoms with Crippen LogP contribution in [0.4, 0.5) is 0 Å². The summed E-state index contributed by atoms with van der Waals surface area (Å²) in [6.45, 7) is 11.7. The van der Waals surface area contributed by atoms with Crippen LogP contribution in [0.5, 0.6) is 0 Å². The Kier molecular flexibility index (Phi) is 7.45. The zero-order valence-electron chi connectivity index (χ0n) is 14.7. The molecule has 1 heteroatoms. The van der Waals surface area contributed by atoms with Crippen molar-refractivity contribution in [2.45, 2.75) is 73.1 Å². The van der Waals surface area contributed by atoms with Crippen LogP contribution in [0.15, 0.2) is 34.9 Å². The molecule has 0 spiro atoms. The minimum Gasteiger partial charge on any atom is -0.392 e. The van der Waals surface area contributed by atoms with Gasteiger partial charge in [-0.15, -0.1) is 0 Å². The van der Waals surface area contributed by atoms with Crippen molar-refractivity contribution in [3.05, 3.63) is 34.9 Å². The third-order valence-corrected chi connectivity index (χ3v) is 5.05. The normalized spacial score (nSPS) is 23.1. The van der Waals surface area contributed by atoms with Gasteiger partial charge in [0.25, 0.3) is 0 Å². The molecule has 0 heterocycles. The fraction of sp³-hybridized carbons (Fsp3) is 0.700. The molecule has 1 N–H and O–H groups in total. The summed E-state index contributed by atoms with van der Waals surface area (Å²) in [6, 6.07) is 0. The number of rotatable bonds is 7. The van der Waals surface area contributed by atoms with Gasteiger partial charge in [0.05, 0.1) is 6.61 Å². The second kappa shape index (κ2) is 8.58. The Balaban J connectivity index is 2.45. The van der Waals surface area contributed by atoms with Crippen LogP contribution in [-0.4, -0.2) is 11.7 Å². The van der Waals surface area contributed by atoms with Gasteiger partial charge >= 0.3 is 0 Å². The summed E-state index contributed by atoms with van der Waals surface area (Å²) in [7, 11) is 0. The van der Waals surface area contributed by atoms with Gasteiger partial charge in [-0.2, -0.15) is 0 Å². The first-order valence-electron chi connectivity index (χ1n) is 8.45. The molecule has 21 heavy (non-hydrogen) atoms. The van der Waals surface area contributed by atoms with Crippen molar-refractivity contribution >= 4 is 0 Å². The van der Waals surface area contributed by atoms with Crippen LogP contribution in [0.1, 0.15) is 73.1 Å². The summed E-state index contributed by atoms with van der Waals surface area (Å²) in [5, 5.41) is 8.85. The predicted molar refractivity (Wildman–Crippen MR) is 93.3 cm³/mol. The molecule has 1 aliphatic rings. The molecule has 1 aliphatic carbocycles. The van der Waals surface area contributed by atoms with Gasteiger partial charge < -0.3 is 5.11 Å². The van der Waals surface area contributed by atoms with Gasteiger partial charge in [0.1, 0.15) is 0 Å². The maximum atomic E-state index is 8.85. The summed E-state index contributed by atoms with van der Waals surface area (Å²) in [4.78, 5) is 0. The fourth-order valence-electron chi connectivity index (χ4n) is 3.50. The quantitative estimate of drug-likeness (QED) is 0.586. The first kappa shape index (κ1) is 18.2. The molecule has 1 rings (SSSR count). The Morgan fingerprint density at radius 1 is 1.24 bits per heavy atom. The van der Waals surface area contributed by atoms with E-state index in [4.69, 9.17) is 5.11 Å². The molecule has 0 aromatic rings.